The summed E-state index contributed by atoms with van der Waals surface area (Å²) in [6.45, 7) is 4.07. The van der Waals surface area contributed by atoms with E-state index in [0.717, 1.165) is 32.1 Å². The lowest BCUT2D eigenvalue weighted by molar-refractivity contribution is -0.168. The zero-order valence-electron chi connectivity index (χ0n) is 9.21. The van der Waals surface area contributed by atoms with Gasteiger partial charge in [0.05, 0.1) is 6.61 Å². The standard InChI is InChI=1S/C12H20O3/c1-2-3-10-15-12(11(13)14)8-6-4-5-7-9-12/h2H,1,3-10H2,(H,13,14). The molecule has 0 saturated heterocycles. The minimum Gasteiger partial charge on any atom is -0.479 e. The van der Waals surface area contributed by atoms with Crippen molar-refractivity contribution in [2.75, 3.05) is 6.61 Å². The van der Waals surface area contributed by atoms with Gasteiger partial charge in [0, 0.05) is 0 Å². The lowest BCUT2D eigenvalue weighted by Crippen LogP contribution is -2.41. The molecule has 1 N–H and O–H groups in total. The summed E-state index contributed by atoms with van der Waals surface area (Å²) < 4.78 is 5.58. The maximum Gasteiger partial charge on any atom is 0.335 e. The number of aliphatic carboxylic acids is 1. The van der Waals surface area contributed by atoms with Crippen LogP contribution in [0, 0.1) is 0 Å². The fourth-order valence-corrected chi connectivity index (χ4v) is 2.06. The van der Waals surface area contributed by atoms with Crippen LogP contribution in [0.2, 0.25) is 0 Å². The Bertz CT molecular complexity index is 215. The van der Waals surface area contributed by atoms with E-state index < -0.39 is 11.6 Å². The van der Waals surface area contributed by atoms with Gasteiger partial charge in [-0.05, 0) is 32.1 Å². The molecule has 0 radical (unpaired) electrons. The van der Waals surface area contributed by atoms with Crippen molar-refractivity contribution in [2.24, 2.45) is 0 Å². The van der Waals surface area contributed by atoms with E-state index in [-0.39, 0.29) is 0 Å². The Morgan fingerprint density at radius 2 is 1.93 bits per heavy atom. The minimum atomic E-state index is -0.917. The summed E-state index contributed by atoms with van der Waals surface area (Å²) in [4.78, 5) is 11.3. The van der Waals surface area contributed by atoms with E-state index in [9.17, 15) is 9.90 Å². The summed E-state index contributed by atoms with van der Waals surface area (Å²) in [7, 11) is 0. The SMILES string of the molecule is C=CCCOC1(C(=O)O)CCCCCC1. The Kier molecular flexibility index (Phi) is 4.82. The molecule has 0 amide bonds. The molecular formula is C12H20O3. The van der Waals surface area contributed by atoms with Crippen molar-refractivity contribution in [1.82, 2.24) is 0 Å². The van der Waals surface area contributed by atoms with Gasteiger partial charge in [-0.3, -0.25) is 0 Å². The van der Waals surface area contributed by atoms with Crippen molar-refractivity contribution in [1.29, 1.82) is 0 Å². The van der Waals surface area contributed by atoms with Crippen molar-refractivity contribution >= 4 is 5.97 Å². The lowest BCUT2D eigenvalue weighted by atomic mass is 9.94. The molecule has 1 rings (SSSR count). The second-order valence-electron chi connectivity index (χ2n) is 4.14. The first-order valence-electron chi connectivity index (χ1n) is 5.69. The molecule has 1 aliphatic carbocycles. The van der Waals surface area contributed by atoms with Gasteiger partial charge >= 0.3 is 5.97 Å². The van der Waals surface area contributed by atoms with E-state index in [2.05, 4.69) is 6.58 Å². The lowest BCUT2D eigenvalue weighted by Gasteiger charge is -2.28. The van der Waals surface area contributed by atoms with Crippen LogP contribution in [0.15, 0.2) is 12.7 Å². The smallest absolute Gasteiger partial charge is 0.335 e. The predicted octanol–water partition coefficient (Wildman–Crippen LogP) is 2.76. The Hall–Kier alpha value is -0.830. The molecule has 0 atom stereocenters. The van der Waals surface area contributed by atoms with Gasteiger partial charge in [-0.25, -0.2) is 4.79 Å². The summed E-state index contributed by atoms with van der Waals surface area (Å²) >= 11 is 0. The third-order valence-corrected chi connectivity index (χ3v) is 3.00. The molecular weight excluding hydrogens is 192 g/mol. The number of carboxylic acid groups (broad SMARTS) is 1. The van der Waals surface area contributed by atoms with E-state index in [0.29, 0.717) is 19.4 Å². The number of carboxylic acids is 1. The van der Waals surface area contributed by atoms with Crippen molar-refractivity contribution in [3.63, 3.8) is 0 Å². The van der Waals surface area contributed by atoms with Crippen molar-refractivity contribution in [3.8, 4) is 0 Å². The molecule has 1 saturated carbocycles. The molecule has 0 aromatic rings. The average molecular weight is 212 g/mol. The van der Waals surface area contributed by atoms with Gasteiger partial charge in [0.1, 0.15) is 0 Å². The number of hydrogen-bond donors (Lipinski definition) is 1. The van der Waals surface area contributed by atoms with Crippen LogP contribution in [0.4, 0.5) is 0 Å². The third-order valence-electron chi connectivity index (χ3n) is 3.00. The van der Waals surface area contributed by atoms with Crippen LogP contribution in [0.5, 0.6) is 0 Å². The Balaban J connectivity index is 2.58. The maximum absolute atomic E-state index is 11.3. The summed E-state index contributed by atoms with van der Waals surface area (Å²) in [6, 6.07) is 0. The fourth-order valence-electron chi connectivity index (χ4n) is 2.06. The van der Waals surface area contributed by atoms with Gasteiger partial charge in [0.15, 0.2) is 5.60 Å². The first-order chi connectivity index (χ1) is 7.21. The minimum absolute atomic E-state index is 0.468. The van der Waals surface area contributed by atoms with Crippen LogP contribution in [0.1, 0.15) is 44.9 Å². The highest BCUT2D eigenvalue weighted by atomic mass is 16.5. The van der Waals surface area contributed by atoms with E-state index in [1.165, 1.54) is 0 Å². The van der Waals surface area contributed by atoms with Gasteiger partial charge in [0.25, 0.3) is 0 Å². The Morgan fingerprint density at radius 1 is 1.33 bits per heavy atom. The molecule has 3 nitrogen and oxygen atoms in total. The maximum atomic E-state index is 11.3. The first-order valence-corrected chi connectivity index (χ1v) is 5.69. The van der Waals surface area contributed by atoms with Crippen LogP contribution < -0.4 is 0 Å². The largest absolute Gasteiger partial charge is 0.479 e. The van der Waals surface area contributed by atoms with E-state index in [1.54, 1.807) is 6.08 Å². The topological polar surface area (TPSA) is 46.5 Å². The van der Waals surface area contributed by atoms with Crippen LogP contribution in [-0.2, 0) is 9.53 Å². The van der Waals surface area contributed by atoms with Crippen LogP contribution >= 0.6 is 0 Å². The van der Waals surface area contributed by atoms with E-state index in [1.807, 2.05) is 0 Å². The van der Waals surface area contributed by atoms with Crippen molar-refractivity contribution in [2.45, 2.75) is 50.5 Å². The predicted molar refractivity (Wildman–Crippen MR) is 58.8 cm³/mol. The van der Waals surface area contributed by atoms with Gasteiger partial charge in [-0.1, -0.05) is 18.9 Å². The van der Waals surface area contributed by atoms with Gasteiger partial charge < -0.3 is 9.84 Å². The first kappa shape index (κ1) is 12.2. The second kappa shape index (κ2) is 5.91. The highest BCUT2D eigenvalue weighted by molar-refractivity contribution is 5.77. The molecule has 86 valence electrons. The zero-order valence-corrected chi connectivity index (χ0v) is 9.21. The molecule has 0 unspecified atom stereocenters. The molecule has 1 aliphatic rings. The quantitative estimate of drug-likeness (QED) is 0.433. The van der Waals surface area contributed by atoms with Gasteiger partial charge in [-0.15, -0.1) is 6.58 Å². The molecule has 1 fully saturated rings. The number of rotatable bonds is 5. The third kappa shape index (κ3) is 3.34. The van der Waals surface area contributed by atoms with E-state index >= 15 is 0 Å². The van der Waals surface area contributed by atoms with E-state index in [4.69, 9.17) is 4.74 Å². The van der Waals surface area contributed by atoms with Crippen LogP contribution in [-0.4, -0.2) is 23.3 Å². The fraction of sp³-hybridized carbons (Fsp3) is 0.750. The zero-order chi connectivity index (χ0) is 11.1. The molecule has 0 spiro atoms. The van der Waals surface area contributed by atoms with Gasteiger partial charge in [-0.2, -0.15) is 0 Å². The van der Waals surface area contributed by atoms with Gasteiger partial charge in [0.2, 0.25) is 0 Å². The average Bonchev–Trinajstić information content (AvgIpc) is 2.45. The van der Waals surface area contributed by atoms with Crippen molar-refractivity contribution in [3.05, 3.63) is 12.7 Å². The molecule has 3 heteroatoms. The summed E-state index contributed by atoms with van der Waals surface area (Å²) in [5.74, 6) is -0.798. The Labute approximate surface area is 91.1 Å². The van der Waals surface area contributed by atoms with Crippen molar-refractivity contribution < 1.29 is 14.6 Å². The molecule has 0 heterocycles. The highest BCUT2D eigenvalue weighted by Crippen LogP contribution is 2.30. The van der Waals surface area contributed by atoms with Crippen LogP contribution in [0.3, 0.4) is 0 Å². The number of ether oxygens (including phenoxy) is 1. The number of carbonyl (C=O) groups is 1. The molecule has 0 aliphatic heterocycles. The molecule has 0 bridgehead atoms. The van der Waals surface area contributed by atoms with Crippen LogP contribution in [0.25, 0.3) is 0 Å². The Morgan fingerprint density at radius 3 is 2.40 bits per heavy atom. The molecule has 15 heavy (non-hydrogen) atoms. The summed E-state index contributed by atoms with van der Waals surface area (Å²) in [6.07, 6.45) is 7.95. The highest BCUT2D eigenvalue weighted by Gasteiger charge is 2.39. The summed E-state index contributed by atoms with van der Waals surface area (Å²) in [5.41, 5.74) is -0.917. The number of hydrogen-bond acceptors (Lipinski definition) is 2. The molecule has 0 aromatic heterocycles. The normalized spacial score (nSPS) is 20.5. The molecule has 0 aromatic carbocycles. The monoisotopic (exact) mass is 212 g/mol. The summed E-state index contributed by atoms with van der Waals surface area (Å²) in [5, 5.41) is 9.26. The second-order valence-corrected chi connectivity index (χ2v) is 4.14.